The van der Waals surface area contributed by atoms with Crippen LogP contribution < -0.4 is 15.8 Å². The number of benzene rings is 1. The van der Waals surface area contributed by atoms with E-state index in [4.69, 9.17) is 10.5 Å². The second-order valence-electron chi connectivity index (χ2n) is 4.84. The second-order valence-corrected chi connectivity index (χ2v) is 4.84. The molecule has 1 aliphatic rings. The Morgan fingerprint density at radius 1 is 1.37 bits per heavy atom. The summed E-state index contributed by atoms with van der Waals surface area (Å²) in [6.07, 6.45) is 3.56. The van der Waals surface area contributed by atoms with Crippen LogP contribution in [-0.2, 0) is 4.79 Å². The van der Waals surface area contributed by atoms with Crippen LogP contribution in [0.15, 0.2) is 24.3 Å². The van der Waals surface area contributed by atoms with Crippen LogP contribution in [0.5, 0.6) is 5.75 Å². The Kier molecular flexibility index (Phi) is 5.63. The van der Waals surface area contributed by atoms with Gasteiger partial charge in [0.05, 0.1) is 12.1 Å². The third-order valence-electron chi connectivity index (χ3n) is 3.28. The molecule has 0 saturated heterocycles. The van der Waals surface area contributed by atoms with E-state index in [1.165, 1.54) is 0 Å². The third-order valence-corrected chi connectivity index (χ3v) is 3.28. The molecule has 1 aromatic carbocycles. The molecule has 1 aliphatic carbocycles. The molecule has 106 valence electrons. The molecule has 19 heavy (non-hydrogen) atoms. The van der Waals surface area contributed by atoms with Gasteiger partial charge in [0.1, 0.15) is 5.75 Å². The van der Waals surface area contributed by atoms with Crippen molar-refractivity contribution in [2.45, 2.75) is 38.1 Å². The Morgan fingerprint density at radius 2 is 2.00 bits per heavy atom. The average molecular weight is 285 g/mol. The van der Waals surface area contributed by atoms with Gasteiger partial charge in [0.2, 0.25) is 5.91 Å². The van der Waals surface area contributed by atoms with E-state index >= 15 is 0 Å². The van der Waals surface area contributed by atoms with E-state index in [1.807, 2.05) is 24.3 Å². The fourth-order valence-electron chi connectivity index (χ4n) is 1.89. The lowest BCUT2D eigenvalue weighted by molar-refractivity contribution is -0.123. The van der Waals surface area contributed by atoms with Crippen molar-refractivity contribution >= 4 is 24.0 Å². The molecule has 1 saturated carbocycles. The zero-order valence-corrected chi connectivity index (χ0v) is 12.0. The standard InChI is InChI=1S/C14H20N2O2.ClH/c1-2-10-18-12-6-4-11(5-7-12)16-13(17)14(15)8-3-9-14;/h4-7H,2-3,8-10,15H2,1H3,(H,16,17);1H. The fraction of sp³-hybridized carbons (Fsp3) is 0.500. The number of rotatable bonds is 5. The van der Waals surface area contributed by atoms with Crippen LogP contribution in [0.3, 0.4) is 0 Å². The minimum absolute atomic E-state index is 0. The summed E-state index contributed by atoms with van der Waals surface area (Å²) >= 11 is 0. The molecule has 0 unspecified atom stereocenters. The average Bonchev–Trinajstić information content (AvgIpc) is 2.35. The van der Waals surface area contributed by atoms with Crippen molar-refractivity contribution < 1.29 is 9.53 Å². The number of ether oxygens (including phenoxy) is 1. The molecular formula is C14H21ClN2O2. The Morgan fingerprint density at radius 3 is 2.47 bits per heavy atom. The van der Waals surface area contributed by atoms with Gasteiger partial charge in [0.15, 0.2) is 0 Å². The zero-order valence-electron chi connectivity index (χ0n) is 11.1. The lowest BCUT2D eigenvalue weighted by Gasteiger charge is -2.36. The number of hydrogen-bond acceptors (Lipinski definition) is 3. The highest BCUT2D eigenvalue weighted by Crippen LogP contribution is 2.30. The number of nitrogens with two attached hydrogens (primary N) is 1. The van der Waals surface area contributed by atoms with Crippen LogP contribution in [0.25, 0.3) is 0 Å². The topological polar surface area (TPSA) is 64.3 Å². The van der Waals surface area contributed by atoms with Gasteiger partial charge in [-0.3, -0.25) is 4.79 Å². The third kappa shape index (κ3) is 3.85. The Hall–Kier alpha value is -1.26. The molecule has 0 aromatic heterocycles. The van der Waals surface area contributed by atoms with E-state index < -0.39 is 5.54 Å². The number of nitrogens with one attached hydrogen (secondary N) is 1. The number of amides is 1. The Bertz CT molecular complexity index is 416. The Balaban J connectivity index is 0.00000180. The van der Waals surface area contributed by atoms with Gasteiger partial charge in [-0.05, 0) is 49.9 Å². The molecule has 0 heterocycles. The molecule has 5 heteroatoms. The van der Waals surface area contributed by atoms with Gasteiger partial charge < -0.3 is 15.8 Å². The lowest BCUT2D eigenvalue weighted by Crippen LogP contribution is -2.56. The minimum atomic E-state index is -0.655. The van der Waals surface area contributed by atoms with E-state index in [1.54, 1.807) is 0 Å². The number of halogens is 1. The number of hydrogen-bond donors (Lipinski definition) is 2. The van der Waals surface area contributed by atoms with Crippen LogP contribution in [0.4, 0.5) is 5.69 Å². The normalized spacial score (nSPS) is 15.9. The lowest BCUT2D eigenvalue weighted by atomic mass is 9.77. The zero-order chi connectivity index (χ0) is 13.0. The van der Waals surface area contributed by atoms with E-state index in [2.05, 4.69) is 12.2 Å². The van der Waals surface area contributed by atoms with Crippen molar-refractivity contribution in [1.82, 2.24) is 0 Å². The van der Waals surface area contributed by atoms with Crippen molar-refractivity contribution in [3.8, 4) is 5.75 Å². The molecule has 2 rings (SSSR count). The van der Waals surface area contributed by atoms with Crippen molar-refractivity contribution in [2.75, 3.05) is 11.9 Å². The predicted octanol–water partition coefficient (Wildman–Crippen LogP) is 2.72. The molecular weight excluding hydrogens is 264 g/mol. The van der Waals surface area contributed by atoms with Gasteiger partial charge in [-0.25, -0.2) is 0 Å². The smallest absolute Gasteiger partial charge is 0.244 e. The largest absolute Gasteiger partial charge is 0.494 e. The van der Waals surface area contributed by atoms with Gasteiger partial charge in [-0.1, -0.05) is 6.92 Å². The maximum absolute atomic E-state index is 11.9. The van der Waals surface area contributed by atoms with Gasteiger partial charge >= 0.3 is 0 Å². The number of carbonyl (C=O) groups excluding carboxylic acids is 1. The van der Waals surface area contributed by atoms with Crippen molar-refractivity contribution in [1.29, 1.82) is 0 Å². The van der Waals surface area contributed by atoms with Gasteiger partial charge in [-0.15, -0.1) is 12.4 Å². The number of carbonyl (C=O) groups is 1. The number of anilines is 1. The molecule has 4 nitrogen and oxygen atoms in total. The summed E-state index contributed by atoms with van der Waals surface area (Å²) in [4.78, 5) is 11.9. The summed E-state index contributed by atoms with van der Waals surface area (Å²) in [6, 6.07) is 7.39. The summed E-state index contributed by atoms with van der Waals surface area (Å²) in [5.41, 5.74) is 6.06. The van der Waals surface area contributed by atoms with Crippen LogP contribution >= 0.6 is 12.4 Å². The highest BCUT2D eigenvalue weighted by atomic mass is 35.5. The minimum Gasteiger partial charge on any atom is -0.494 e. The van der Waals surface area contributed by atoms with Gasteiger partial charge in [0, 0.05) is 5.69 Å². The molecule has 1 aromatic rings. The molecule has 0 spiro atoms. The first-order valence-corrected chi connectivity index (χ1v) is 6.47. The maximum Gasteiger partial charge on any atom is 0.244 e. The highest BCUT2D eigenvalue weighted by molar-refractivity contribution is 5.98. The molecule has 1 fully saturated rings. The summed E-state index contributed by atoms with van der Waals surface area (Å²) in [5.74, 6) is 0.733. The van der Waals surface area contributed by atoms with Crippen LogP contribution in [0, 0.1) is 0 Å². The monoisotopic (exact) mass is 284 g/mol. The quantitative estimate of drug-likeness (QED) is 0.874. The molecule has 3 N–H and O–H groups in total. The molecule has 0 bridgehead atoms. The van der Waals surface area contributed by atoms with E-state index in [0.717, 1.165) is 37.1 Å². The summed E-state index contributed by atoms with van der Waals surface area (Å²) in [5, 5.41) is 2.85. The SMILES string of the molecule is CCCOc1ccc(NC(=O)C2(N)CCC2)cc1.Cl. The van der Waals surface area contributed by atoms with Gasteiger partial charge in [0.25, 0.3) is 0 Å². The first-order chi connectivity index (χ1) is 8.64. The Labute approximate surface area is 120 Å². The van der Waals surface area contributed by atoms with Crippen LogP contribution in [0.2, 0.25) is 0 Å². The highest BCUT2D eigenvalue weighted by Gasteiger charge is 2.40. The molecule has 0 atom stereocenters. The first kappa shape index (κ1) is 15.8. The summed E-state index contributed by atoms with van der Waals surface area (Å²) < 4.78 is 5.48. The van der Waals surface area contributed by atoms with E-state index in [-0.39, 0.29) is 18.3 Å². The van der Waals surface area contributed by atoms with Crippen molar-refractivity contribution in [2.24, 2.45) is 5.73 Å². The molecule has 0 aliphatic heterocycles. The van der Waals surface area contributed by atoms with Gasteiger partial charge in [-0.2, -0.15) is 0 Å². The van der Waals surface area contributed by atoms with Crippen LogP contribution in [0.1, 0.15) is 32.6 Å². The van der Waals surface area contributed by atoms with Crippen molar-refractivity contribution in [3.63, 3.8) is 0 Å². The second kappa shape index (κ2) is 6.78. The summed E-state index contributed by atoms with van der Waals surface area (Å²) in [7, 11) is 0. The fourth-order valence-corrected chi connectivity index (χ4v) is 1.89. The van der Waals surface area contributed by atoms with Crippen molar-refractivity contribution in [3.05, 3.63) is 24.3 Å². The first-order valence-electron chi connectivity index (χ1n) is 6.47. The molecule has 1 amide bonds. The summed E-state index contributed by atoms with van der Waals surface area (Å²) in [6.45, 7) is 2.77. The van der Waals surface area contributed by atoms with E-state index in [9.17, 15) is 4.79 Å². The predicted molar refractivity (Wildman–Crippen MR) is 78.9 cm³/mol. The maximum atomic E-state index is 11.9. The molecule has 0 radical (unpaired) electrons. The van der Waals surface area contributed by atoms with Crippen LogP contribution in [-0.4, -0.2) is 18.1 Å². The van der Waals surface area contributed by atoms with E-state index in [0.29, 0.717) is 6.61 Å².